The number of nitrogens with one attached hydrogen (secondary N) is 2. The van der Waals surface area contributed by atoms with Crippen molar-refractivity contribution in [3.8, 4) is 0 Å². The Bertz CT molecular complexity index is 499. The average molecular weight is 262 g/mol. The maximum atomic E-state index is 12.2. The first kappa shape index (κ1) is 13.4. The van der Waals surface area contributed by atoms with Crippen LogP contribution in [0.5, 0.6) is 0 Å². The molecule has 0 radical (unpaired) electrons. The van der Waals surface area contributed by atoms with Gasteiger partial charge in [0.25, 0.3) is 0 Å². The van der Waals surface area contributed by atoms with Gasteiger partial charge in [-0.05, 0) is 17.5 Å². The molecule has 1 amide bonds. The number of amides is 1. The number of carbonyl (C=O) groups is 2. The normalized spacial score (nSPS) is 18.6. The summed E-state index contributed by atoms with van der Waals surface area (Å²) in [7, 11) is 0. The number of rotatable bonds is 4. The van der Waals surface area contributed by atoms with Crippen molar-refractivity contribution in [2.75, 3.05) is 11.9 Å². The molecular formula is C14H18N2O3. The average Bonchev–Trinajstić information content (AvgIpc) is 2.78. The highest BCUT2D eigenvalue weighted by Gasteiger charge is 2.32. The van der Waals surface area contributed by atoms with Gasteiger partial charge in [-0.2, -0.15) is 0 Å². The quantitative estimate of drug-likeness (QED) is 0.767. The lowest BCUT2D eigenvalue weighted by Crippen LogP contribution is -2.46. The molecule has 0 saturated carbocycles. The molecule has 2 atom stereocenters. The Hall–Kier alpha value is -2.04. The number of carbonyl (C=O) groups excluding carboxylic acids is 1. The summed E-state index contributed by atoms with van der Waals surface area (Å²) in [5.41, 5.74) is 1.87. The first-order valence-corrected chi connectivity index (χ1v) is 6.36. The number of aliphatic carboxylic acids is 1. The van der Waals surface area contributed by atoms with Gasteiger partial charge in [0.1, 0.15) is 6.04 Å². The van der Waals surface area contributed by atoms with E-state index < -0.39 is 12.0 Å². The lowest BCUT2D eigenvalue weighted by atomic mass is 9.98. The molecule has 0 aliphatic carbocycles. The Morgan fingerprint density at radius 2 is 2.05 bits per heavy atom. The number of para-hydroxylation sites is 1. The number of benzene rings is 1. The fraction of sp³-hybridized carbons (Fsp3) is 0.429. The minimum Gasteiger partial charge on any atom is -0.480 e. The highest BCUT2D eigenvalue weighted by atomic mass is 16.4. The molecule has 3 N–H and O–H groups in total. The molecule has 1 aliphatic rings. The molecule has 1 aromatic carbocycles. The van der Waals surface area contributed by atoms with E-state index in [1.54, 1.807) is 13.8 Å². The highest BCUT2D eigenvalue weighted by Crippen LogP contribution is 2.31. The minimum atomic E-state index is -0.998. The number of carboxylic acid groups (broad SMARTS) is 1. The van der Waals surface area contributed by atoms with E-state index in [0.29, 0.717) is 6.54 Å². The van der Waals surface area contributed by atoms with Gasteiger partial charge < -0.3 is 15.7 Å². The second-order valence-corrected chi connectivity index (χ2v) is 5.09. The molecular weight excluding hydrogens is 244 g/mol. The van der Waals surface area contributed by atoms with Crippen LogP contribution in [0.15, 0.2) is 24.3 Å². The molecule has 1 aliphatic heterocycles. The van der Waals surface area contributed by atoms with Crippen LogP contribution in [0.2, 0.25) is 0 Å². The summed E-state index contributed by atoms with van der Waals surface area (Å²) in [4.78, 5) is 23.3. The third-order valence-electron chi connectivity index (χ3n) is 3.38. The van der Waals surface area contributed by atoms with Crippen LogP contribution in [-0.2, 0) is 9.59 Å². The van der Waals surface area contributed by atoms with Crippen molar-refractivity contribution < 1.29 is 14.7 Å². The molecule has 0 bridgehead atoms. The molecule has 102 valence electrons. The van der Waals surface area contributed by atoms with E-state index in [1.165, 1.54) is 0 Å². The molecule has 0 spiro atoms. The van der Waals surface area contributed by atoms with Gasteiger partial charge in [-0.15, -0.1) is 0 Å². The maximum absolute atomic E-state index is 12.2. The van der Waals surface area contributed by atoms with Crippen LogP contribution in [0.1, 0.15) is 25.3 Å². The zero-order valence-electron chi connectivity index (χ0n) is 11.0. The van der Waals surface area contributed by atoms with E-state index in [-0.39, 0.29) is 17.7 Å². The lowest BCUT2D eigenvalue weighted by Gasteiger charge is -2.20. The predicted octanol–water partition coefficient (Wildman–Crippen LogP) is 1.42. The molecule has 0 fully saturated rings. The van der Waals surface area contributed by atoms with Crippen LogP contribution >= 0.6 is 0 Å². The molecule has 1 aromatic rings. The predicted molar refractivity (Wildman–Crippen MR) is 72.1 cm³/mol. The number of hydrogen-bond acceptors (Lipinski definition) is 3. The van der Waals surface area contributed by atoms with Gasteiger partial charge in [-0.25, -0.2) is 4.79 Å². The van der Waals surface area contributed by atoms with E-state index in [9.17, 15) is 9.59 Å². The van der Waals surface area contributed by atoms with E-state index in [1.807, 2.05) is 24.3 Å². The summed E-state index contributed by atoms with van der Waals surface area (Å²) >= 11 is 0. The van der Waals surface area contributed by atoms with Gasteiger partial charge in [0.05, 0.1) is 5.92 Å². The molecule has 0 aromatic heterocycles. The number of hydrogen-bond donors (Lipinski definition) is 3. The summed E-state index contributed by atoms with van der Waals surface area (Å²) < 4.78 is 0. The SMILES string of the molecule is CC(C)[C@@H](NC(=O)C1CNc2ccccc21)C(=O)O. The van der Waals surface area contributed by atoms with E-state index >= 15 is 0 Å². The third kappa shape index (κ3) is 2.70. The largest absolute Gasteiger partial charge is 0.480 e. The Morgan fingerprint density at radius 3 is 2.68 bits per heavy atom. The van der Waals surface area contributed by atoms with Crippen LogP contribution in [0, 0.1) is 5.92 Å². The topological polar surface area (TPSA) is 78.4 Å². The molecule has 19 heavy (non-hydrogen) atoms. The minimum absolute atomic E-state index is 0.147. The molecule has 1 unspecified atom stereocenters. The Morgan fingerprint density at radius 1 is 1.37 bits per heavy atom. The first-order valence-electron chi connectivity index (χ1n) is 6.36. The van der Waals surface area contributed by atoms with E-state index in [2.05, 4.69) is 10.6 Å². The van der Waals surface area contributed by atoms with Gasteiger partial charge in [-0.1, -0.05) is 32.0 Å². The standard InChI is InChI=1S/C14H18N2O3/c1-8(2)12(14(18)19)16-13(17)10-7-15-11-6-4-3-5-9(10)11/h3-6,8,10,12,15H,7H2,1-2H3,(H,16,17)(H,18,19)/t10?,12-/m1/s1. The summed E-state index contributed by atoms with van der Waals surface area (Å²) in [6.07, 6.45) is 0. The van der Waals surface area contributed by atoms with Crippen LogP contribution in [0.3, 0.4) is 0 Å². The molecule has 0 saturated heterocycles. The zero-order chi connectivity index (χ0) is 14.0. The fourth-order valence-electron chi connectivity index (χ4n) is 2.29. The van der Waals surface area contributed by atoms with Gasteiger partial charge in [-0.3, -0.25) is 4.79 Å². The van der Waals surface area contributed by atoms with Crippen molar-refractivity contribution in [2.45, 2.75) is 25.8 Å². The van der Waals surface area contributed by atoms with Crippen molar-refractivity contribution in [2.24, 2.45) is 5.92 Å². The van der Waals surface area contributed by atoms with Crippen molar-refractivity contribution in [1.29, 1.82) is 0 Å². The molecule has 2 rings (SSSR count). The summed E-state index contributed by atoms with van der Waals surface area (Å²) in [5, 5.41) is 14.9. The Labute approximate surface area is 112 Å². The fourth-order valence-corrected chi connectivity index (χ4v) is 2.29. The summed E-state index contributed by atoms with van der Waals surface area (Å²) in [5.74, 6) is -1.70. The van der Waals surface area contributed by atoms with E-state index in [0.717, 1.165) is 11.3 Å². The molecule has 1 heterocycles. The van der Waals surface area contributed by atoms with Crippen LogP contribution in [-0.4, -0.2) is 29.6 Å². The second-order valence-electron chi connectivity index (χ2n) is 5.09. The lowest BCUT2D eigenvalue weighted by molar-refractivity contribution is -0.143. The third-order valence-corrected chi connectivity index (χ3v) is 3.38. The van der Waals surface area contributed by atoms with Crippen LogP contribution < -0.4 is 10.6 Å². The summed E-state index contributed by atoms with van der Waals surface area (Å²) in [6, 6.07) is 6.74. The maximum Gasteiger partial charge on any atom is 0.326 e. The van der Waals surface area contributed by atoms with Crippen molar-refractivity contribution in [1.82, 2.24) is 5.32 Å². The van der Waals surface area contributed by atoms with Crippen LogP contribution in [0.4, 0.5) is 5.69 Å². The summed E-state index contributed by atoms with van der Waals surface area (Å²) in [6.45, 7) is 4.06. The van der Waals surface area contributed by atoms with Crippen LogP contribution in [0.25, 0.3) is 0 Å². The van der Waals surface area contributed by atoms with Crippen molar-refractivity contribution in [3.63, 3.8) is 0 Å². The monoisotopic (exact) mass is 262 g/mol. The van der Waals surface area contributed by atoms with Gasteiger partial charge >= 0.3 is 5.97 Å². The smallest absolute Gasteiger partial charge is 0.326 e. The Balaban J connectivity index is 2.12. The number of fused-ring (bicyclic) bond motifs is 1. The number of carboxylic acids is 1. The van der Waals surface area contributed by atoms with E-state index in [4.69, 9.17) is 5.11 Å². The molecule has 5 nitrogen and oxygen atoms in total. The number of anilines is 1. The second kappa shape index (κ2) is 5.30. The van der Waals surface area contributed by atoms with Gasteiger partial charge in [0, 0.05) is 12.2 Å². The Kier molecular flexibility index (Phi) is 3.74. The van der Waals surface area contributed by atoms with Gasteiger partial charge in [0.15, 0.2) is 0 Å². The first-order chi connectivity index (χ1) is 9.00. The molecule has 5 heteroatoms. The van der Waals surface area contributed by atoms with Crippen molar-refractivity contribution in [3.05, 3.63) is 29.8 Å². The zero-order valence-corrected chi connectivity index (χ0v) is 11.0. The van der Waals surface area contributed by atoms with Crippen molar-refractivity contribution >= 4 is 17.6 Å². The highest BCUT2D eigenvalue weighted by molar-refractivity contribution is 5.91. The van der Waals surface area contributed by atoms with Gasteiger partial charge in [0.2, 0.25) is 5.91 Å².